The summed E-state index contributed by atoms with van der Waals surface area (Å²) < 4.78 is 5.45. The molecule has 0 heterocycles. The normalized spacial score (nSPS) is 15.7. The summed E-state index contributed by atoms with van der Waals surface area (Å²) in [5.41, 5.74) is 7.15. The topological polar surface area (TPSA) is 47.3 Å². The minimum absolute atomic E-state index is 0.258. The molecule has 1 unspecified atom stereocenters. The molecule has 110 valence electrons. The third-order valence-electron chi connectivity index (χ3n) is 4.50. The van der Waals surface area contributed by atoms with Crippen molar-refractivity contribution < 1.29 is 4.74 Å². The Hall–Kier alpha value is -1.84. The van der Waals surface area contributed by atoms with Gasteiger partial charge in [-0.05, 0) is 47.9 Å². The number of rotatable bonds is 5. The molecule has 0 aliphatic heterocycles. The zero-order chi connectivity index (χ0) is 14.7. The van der Waals surface area contributed by atoms with Crippen molar-refractivity contribution >= 4 is 0 Å². The second-order valence-electron chi connectivity index (χ2n) is 5.73. The first-order valence-corrected chi connectivity index (χ1v) is 7.46. The van der Waals surface area contributed by atoms with Crippen LogP contribution in [-0.2, 0) is 19.3 Å². The highest BCUT2D eigenvalue weighted by Crippen LogP contribution is 2.30. The molecule has 2 aromatic rings. The Morgan fingerprint density at radius 2 is 1.71 bits per heavy atom. The fraction of sp³-hybridized carbons (Fsp3) is 0.333. The van der Waals surface area contributed by atoms with E-state index in [9.17, 15) is 0 Å². The van der Waals surface area contributed by atoms with E-state index in [2.05, 4.69) is 41.8 Å². The summed E-state index contributed by atoms with van der Waals surface area (Å²) in [5, 5.41) is 0. The molecule has 0 radical (unpaired) electrons. The van der Waals surface area contributed by atoms with Crippen molar-refractivity contribution in [3.63, 3.8) is 0 Å². The van der Waals surface area contributed by atoms with Crippen molar-refractivity contribution in [1.29, 1.82) is 0 Å². The maximum Gasteiger partial charge on any atom is 0.122 e. The fourth-order valence-corrected chi connectivity index (χ4v) is 3.35. The molecule has 0 spiro atoms. The molecule has 0 saturated heterocycles. The van der Waals surface area contributed by atoms with Crippen molar-refractivity contribution in [2.75, 3.05) is 7.11 Å². The maximum absolute atomic E-state index is 5.84. The summed E-state index contributed by atoms with van der Waals surface area (Å²) in [6.07, 6.45) is 3.08. The average molecular weight is 282 g/mol. The standard InChI is InChI=1S/C18H22N2O/c1-21-18-9-5-4-8-15(18)12-17(20-19)16-10-13-6-2-3-7-14(13)11-16/h2-9,16-17,20H,10-12,19H2,1H3. The number of nitrogens with two attached hydrogens (primary N) is 1. The maximum atomic E-state index is 5.84. The van der Waals surface area contributed by atoms with Gasteiger partial charge in [-0.15, -0.1) is 0 Å². The van der Waals surface area contributed by atoms with Crippen LogP contribution in [0.3, 0.4) is 0 Å². The lowest BCUT2D eigenvalue weighted by Crippen LogP contribution is -2.43. The molecule has 3 nitrogen and oxygen atoms in total. The molecule has 3 N–H and O–H groups in total. The van der Waals surface area contributed by atoms with E-state index in [1.165, 1.54) is 16.7 Å². The van der Waals surface area contributed by atoms with Gasteiger partial charge >= 0.3 is 0 Å². The summed E-state index contributed by atoms with van der Waals surface area (Å²) >= 11 is 0. The lowest BCUT2D eigenvalue weighted by Gasteiger charge is -2.23. The molecule has 3 heteroatoms. The van der Waals surface area contributed by atoms with Crippen LogP contribution in [0.25, 0.3) is 0 Å². The number of para-hydroxylation sites is 1. The molecule has 3 rings (SSSR count). The summed E-state index contributed by atoms with van der Waals surface area (Å²) in [6.45, 7) is 0. The van der Waals surface area contributed by atoms with Crippen molar-refractivity contribution in [3.05, 3.63) is 65.2 Å². The summed E-state index contributed by atoms with van der Waals surface area (Å²) in [7, 11) is 1.72. The first-order valence-electron chi connectivity index (χ1n) is 7.46. The number of hydrazine groups is 1. The Kier molecular flexibility index (Phi) is 4.23. The number of benzene rings is 2. The van der Waals surface area contributed by atoms with Crippen molar-refractivity contribution in [2.45, 2.75) is 25.3 Å². The fourth-order valence-electron chi connectivity index (χ4n) is 3.35. The zero-order valence-corrected chi connectivity index (χ0v) is 12.4. The van der Waals surface area contributed by atoms with Gasteiger partial charge in [0.1, 0.15) is 5.75 Å². The van der Waals surface area contributed by atoms with Gasteiger partial charge in [0.15, 0.2) is 0 Å². The second-order valence-corrected chi connectivity index (χ2v) is 5.73. The predicted molar refractivity (Wildman–Crippen MR) is 85.1 cm³/mol. The van der Waals surface area contributed by atoms with Gasteiger partial charge in [0.25, 0.3) is 0 Å². The first kappa shape index (κ1) is 14.1. The van der Waals surface area contributed by atoms with Crippen LogP contribution in [0.15, 0.2) is 48.5 Å². The van der Waals surface area contributed by atoms with E-state index in [1.807, 2.05) is 12.1 Å². The molecule has 0 amide bonds. The van der Waals surface area contributed by atoms with Gasteiger partial charge in [-0.2, -0.15) is 0 Å². The second kappa shape index (κ2) is 6.29. The quantitative estimate of drug-likeness (QED) is 0.654. The Balaban J connectivity index is 1.75. The van der Waals surface area contributed by atoms with E-state index >= 15 is 0 Å². The van der Waals surface area contributed by atoms with Crippen LogP contribution in [0.2, 0.25) is 0 Å². The van der Waals surface area contributed by atoms with Crippen LogP contribution in [0.5, 0.6) is 5.75 Å². The number of hydrogen-bond donors (Lipinski definition) is 2. The molecule has 0 aromatic heterocycles. The van der Waals surface area contributed by atoms with Crippen molar-refractivity contribution in [2.24, 2.45) is 11.8 Å². The monoisotopic (exact) mass is 282 g/mol. The van der Waals surface area contributed by atoms with Crippen LogP contribution >= 0.6 is 0 Å². The van der Waals surface area contributed by atoms with Crippen molar-refractivity contribution in [1.82, 2.24) is 5.43 Å². The van der Waals surface area contributed by atoms with E-state index in [0.29, 0.717) is 5.92 Å². The van der Waals surface area contributed by atoms with E-state index < -0.39 is 0 Å². The van der Waals surface area contributed by atoms with E-state index in [4.69, 9.17) is 10.6 Å². The van der Waals surface area contributed by atoms with E-state index in [1.54, 1.807) is 7.11 Å². The van der Waals surface area contributed by atoms with Crippen LogP contribution in [-0.4, -0.2) is 13.2 Å². The van der Waals surface area contributed by atoms with Crippen LogP contribution in [0.4, 0.5) is 0 Å². The molecular formula is C18H22N2O. The summed E-state index contributed by atoms with van der Waals surface area (Å²) in [5.74, 6) is 7.31. The summed E-state index contributed by atoms with van der Waals surface area (Å²) in [4.78, 5) is 0. The predicted octanol–water partition coefficient (Wildman–Crippen LogP) is 2.48. The number of fused-ring (bicyclic) bond motifs is 1. The molecule has 0 fully saturated rings. The molecule has 1 aliphatic rings. The van der Waals surface area contributed by atoms with E-state index in [0.717, 1.165) is 25.0 Å². The van der Waals surface area contributed by atoms with Gasteiger partial charge in [0.2, 0.25) is 0 Å². The number of ether oxygens (including phenoxy) is 1. The molecule has 0 saturated carbocycles. The number of methoxy groups -OCH3 is 1. The van der Waals surface area contributed by atoms with Gasteiger partial charge in [-0.25, -0.2) is 0 Å². The number of nitrogens with one attached hydrogen (secondary N) is 1. The SMILES string of the molecule is COc1ccccc1CC(NN)C1Cc2ccccc2C1. The number of hydrogen-bond acceptors (Lipinski definition) is 3. The Morgan fingerprint density at radius 1 is 1.10 bits per heavy atom. The van der Waals surface area contributed by atoms with Gasteiger partial charge < -0.3 is 4.74 Å². The van der Waals surface area contributed by atoms with Crippen molar-refractivity contribution in [3.8, 4) is 5.75 Å². The van der Waals surface area contributed by atoms with E-state index in [-0.39, 0.29) is 6.04 Å². The Labute approximate surface area is 126 Å². The minimum Gasteiger partial charge on any atom is -0.496 e. The third-order valence-corrected chi connectivity index (χ3v) is 4.50. The van der Waals surface area contributed by atoms with Gasteiger partial charge in [0.05, 0.1) is 7.11 Å². The highest BCUT2D eigenvalue weighted by Gasteiger charge is 2.28. The van der Waals surface area contributed by atoms with Crippen LogP contribution < -0.4 is 16.0 Å². The van der Waals surface area contributed by atoms with Gasteiger partial charge in [0, 0.05) is 6.04 Å². The molecule has 1 aliphatic carbocycles. The molecule has 0 bridgehead atoms. The van der Waals surface area contributed by atoms with Crippen LogP contribution in [0.1, 0.15) is 16.7 Å². The lowest BCUT2D eigenvalue weighted by atomic mass is 9.91. The van der Waals surface area contributed by atoms with Gasteiger partial charge in [-0.1, -0.05) is 42.5 Å². The molecule has 1 atom stereocenters. The molecular weight excluding hydrogens is 260 g/mol. The smallest absolute Gasteiger partial charge is 0.122 e. The molecule has 2 aromatic carbocycles. The summed E-state index contributed by atoms with van der Waals surface area (Å²) in [6, 6.07) is 17.1. The highest BCUT2D eigenvalue weighted by molar-refractivity contribution is 5.36. The zero-order valence-electron chi connectivity index (χ0n) is 12.4. The van der Waals surface area contributed by atoms with Crippen LogP contribution in [0, 0.1) is 5.92 Å². The third kappa shape index (κ3) is 2.94. The minimum atomic E-state index is 0.258. The molecule has 21 heavy (non-hydrogen) atoms. The lowest BCUT2D eigenvalue weighted by molar-refractivity contribution is 0.357. The van der Waals surface area contributed by atoms with Gasteiger partial charge in [-0.3, -0.25) is 11.3 Å². The Bertz CT molecular complexity index is 587. The largest absolute Gasteiger partial charge is 0.496 e. The first-order chi connectivity index (χ1) is 10.3. The Morgan fingerprint density at radius 3 is 2.33 bits per heavy atom. The highest BCUT2D eigenvalue weighted by atomic mass is 16.5. The average Bonchev–Trinajstić information content (AvgIpc) is 2.96.